The van der Waals surface area contributed by atoms with Crippen molar-refractivity contribution in [3.05, 3.63) is 18.2 Å². The van der Waals surface area contributed by atoms with Crippen LogP contribution in [0.2, 0.25) is 0 Å². The molecule has 0 spiro atoms. The maximum Gasteiger partial charge on any atom is 0.323 e. The van der Waals surface area contributed by atoms with Gasteiger partial charge in [0.05, 0.1) is 11.5 Å². The Bertz CT molecular complexity index is 397. The number of carbonyl (C=O) groups is 1. The second kappa shape index (κ2) is 6.36. The fraction of sp³-hybridized carbons (Fsp3) is 0.364. The molecular formula is C11H15NO4S. The molecule has 0 aromatic heterocycles. The average molecular weight is 257 g/mol. The van der Waals surface area contributed by atoms with Crippen molar-refractivity contribution in [2.45, 2.75) is 17.9 Å². The zero-order valence-corrected chi connectivity index (χ0v) is 10.2. The van der Waals surface area contributed by atoms with Crippen LogP contribution in [0.1, 0.15) is 6.92 Å². The Labute approximate surface area is 104 Å². The number of esters is 1. The number of hydrogen-bond acceptors (Lipinski definition) is 6. The molecule has 1 aromatic carbocycles. The van der Waals surface area contributed by atoms with E-state index in [1.165, 1.54) is 30.0 Å². The molecule has 0 saturated heterocycles. The minimum Gasteiger partial charge on any atom is -0.508 e. The highest BCUT2D eigenvalue weighted by atomic mass is 32.2. The van der Waals surface area contributed by atoms with Crippen molar-refractivity contribution in [2.75, 3.05) is 12.4 Å². The molecule has 6 heteroatoms. The molecule has 0 fully saturated rings. The van der Waals surface area contributed by atoms with Gasteiger partial charge in [-0.25, -0.2) is 0 Å². The Morgan fingerprint density at radius 3 is 2.88 bits per heavy atom. The lowest BCUT2D eigenvalue weighted by Crippen LogP contribution is -2.34. The molecule has 0 heterocycles. The summed E-state index contributed by atoms with van der Waals surface area (Å²) in [5, 5.41) is 18.7. The summed E-state index contributed by atoms with van der Waals surface area (Å²) in [4.78, 5) is 11.7. The molecule has 0 aliphatic carbocycles. The summed E-state index contributed by atoms with van der Waals surface area (Å²) in [5.74, 6) is -0.103. The van der Waals surface area contributed by atoms with Crippen LogP contribution in [0.15, 0.2) is 23.1 Å². The lowest BCUT2D eigenvalue weighted by atomic mass is 10.3. The Hall–Kier alpha value is -1.40. The van der Waals surface area contributed by atoms with Crippen LogP contribution >= 0.6 is 11.8 Å². The quantitative estimate of drug-likeness (QED) is 0.415. The number of aromatic hydroxyl groups is 2. The number of phenolic OH excluding ortho intramolecular Hbond substituents is 2. The highest BCUT2D eigenvalue weighted by Gasteiger charge is 2.15. The molecule has 94 valence electrons. The molecule has 0 bridgehead atoms. The van der Waals surface area contributed by atoms with Crippen LogP contribution in [-0.2, 0) is 9.53 Å². The van der Waals surface area contributed by atoms with Gasteiger partial charge in [0.2, 0.25) is 0 Å². The van der Waals surface area contributed by atoms with Crippen LogP contribution in [0.3, 0.4) is 0 Å². The number of thioether (sulfide) groups is 1. The van der Waals surface area contributed by atoms with Crippen molar-refractivity contribution in [2.24, 2.45) is 5.73 Å². The molecule has 0 amide bonds. The van der Waals surface area contributed by atoms with E-state index in [0.717, 1.165) is 0 Å². The number of nitrogens with two attached hydrogens (primary N) is 1. The van der Waals surface area contributed by atoms with Gasteiger partial charge in [-0.1, -0.05) is 0 Å². The first-order valence-electron chi connectivity index (χ1n) is 5.11. The molecule has 1 aromatic rings. The fourth-order valence-electron chi connectivity index (χ4n) is 1.12. The standard InChI is InChI=1S/C11H15NO4S/c1-2-16-11(15)8(12)6-17-10-5-7(13)3-4-9(10)14/h3-5,8,13-14H,2,6,12H2,1H3/t8-/m1/s1. The monoisotopic (exact) mass is 257 g/mol. The van der Waals surface area contributed by atoms with E-state index in [1.54, 1.807) is 6.92 Å². The first-order chi connectivity index (χ1) is 8.04. The molecular weight excluding hydrogens is 242 g/mol. The lowest BCUT2D eigenvalue weighted by Gasteiger charge is -2.10. The highest BCUT2D eigenvalue weighted by molar-refractivity contribution is 7.99. The molecule has 4 N–H and O–H groups in total. The maximum atomic E-state index is 11.2. The third-order valence-corrected chi connectivity index (χ3v) is 3.11. The van der Waals surface area contributed by atoms with Gasteiger partial charge in [0.15, 0.2) is 0 Å². The van der Waals surface area contributed by atoms with Crippen molar-refractivity contribution < 1.29 is 19.7 Å². The van der Waals surface area contributed by atoms with Gasteiger partial charge in [-0.2, -0.15) is 0 Å². The molecule has 0 saturated carbocycles. The zero-order chi connectivity index (χ0) is 12.8. The van der Waals surface area contributed by atoms with Gasteiger partial charge in [0.1, 0.15) is 17.5 Å². The third-order valence-electron chi connectivity index (χ3n) is 1.95. The summed E-state index contributed by atoms with van der Waals surface area (Å²) < 4.78 is 4.76. The number of rotatable bonds is 5. The largest absolute Gasteiger partial charge is 0.508 e. The SMILES string of the molecule is CCOC(=O)[C@H](N)CSc1cc(O)ccc1O. The van der Waals surface area contributed by atoms with Gasteiger partial charge in [0, 0.05) is 5.75 Å². The van der Waals surface area contributed by atoms with E-state index in [1.807, 2.05) is 0 Å². The molecule has 1 rings (SSSR count). The summed E-state index contributed by atoms with van der Waals surface area (Å²) in [5.41, 5.74) is 5.60. The van der Waals surface area contributed by atoms with Gasteiger partial charge < -0.3 is 20.7 Å². The van der Waals surface area contributed by atoms with E-state index in [2.05, 4.69) is 0 Å². The molecule has 0 aliphatic rings. The van der Waals surface area contributed by atoms with Crippen LogP contribution in [0.25, 0.3) is 0 Å². The number of ether oxygens (including phenoxy) is 1. The predicted octanol–water partition coefficient (Wildman–Crippen LogP) is 1.08. The zero-order valence-electron chi connectivity index (χ0n) is 9.42. The smallest absolute Gasteiger partial charge is 0.323 e. The second-order valence-corrected chi connectivity index (χ2v) is 4.38. The summed E-state index contributed by atoms with van der Waals surface area (Å²) in [6, 6.07) is 3.43. The van der Waals surface area contributed by atoms with Gasteiger partial charge in [-0.3, -0.25) is 4.79 Å². The average Bonchev–Trinajstić information content (AvgIpc) is 2.30. The Kier molecular flexibility index (Phi) is 5.11. The van der Waals surface area contributed by atoms with Gasteiger partial charge in [0.25, 0.3) is 0 Å². The van der Waals surface area contributed by atoms with Crippen LogP contribution in [0.5, 0.6) is 11.5 Å². The van der Waals surface area contributed by atoms with Crippen LogP contribution in [-0.4, -0.2) is 34.6 Å². The van der Waals surface area contributed by atoms with Gasteiger partial charge >= 0.3 is 5.97 Å². The molecule has 17 heavy (non-hydrogen) atoms. The summed E-state index contributed by atoms with van der Waals surface area (Å²) >= 11 is 1.19. The van der Waals surface area contributed by atoms with Crippen molar-refractivity contribution in [3.63, 3.8) is 0 Å². The van der Waals surface area contributed by atoms with Crippen LogP contribution < -0.4 is 5.73 Å². The van der Waals surface area contributed by atoms with Gasteiger partial charge in [-0.15, -0.1) is 11.8 Å². The van der Waals surface area contributed by atoms with E-state index < -0.39 is 12.0 Å². The number of hydrogen-bond donors (Lipinski definition) is 3. The van der Waals surface area contributed by atoms with E-state index in [4.69, 9.17) is 10.5 Å². The van der Waals surface area contributed by atoms with Crippen molar-refractivity contribution in [1.29, 1.82) is 0 Å². The Morgan fingerprint density at radius 2 is 2.24 bits per heavy atom. The Morgan fingerprint density at radius 1 is 1.53 bits per heavy atom. The third kappa shape index (κ3) is 4.16. The van der Waals surface area contributed by atoms with E-state index in [9.17, 15) is 15.0 Å². The molecule has 0 radical (unpaired) electrons. The minimum atomic E-state index is -0.748. The normalized spacial score (nSPS) is 12.1. The predicted molar refractivity (Wildman–Crippen MR) is 65.1 cm³/mol. The summed E-state index contributed by atoms with van der Waals surface area (Å²) in [7, 11) is 0. The van der Waals surface area contributed by atoms with Crippen molar-refractivity contribution in [3.8, 4) is 11.5 Å². The summed E-state index contributed by atoms with van der Waals surface area (Å²) in [6.07, 6.45) is 0. The second-order valence-electron chi connectivity index (χ2n) is 3.32. The molecule has 1 atom stereocenters. The Balaban J connectivity index is 2.55. The van der Waals surface area contributed by atoms with E-state index >= 15 is 0 Å². The van der Waals surface area contributed by atoms with Crippen LogP contribution in [0.4, 0.5) is 0 Å². The summed E-state index contributed by atoms with van der Waals surface area (Å²) in [6.45, 7) is 1.99. The first kappa shape index (κ1) is 13.7. The van der Waals surface area contributed by atoms with E-state index in [0.29, 0.717) is 4.90 Å². The topological polar surface area (TPSA) is 92.8 Å². The fourth-order valence-corrected chi connectivity index (χ4v) is 2.03. The first-order valence-corrected chi connectivity index (χ1v) is 6.10. The van der Waals surface area contributed by atoms with E-state index in [-0.39, 0.29) is 23.9 Å². The van der Waals surface area contributed by atoms with Crippen molar-refractivity contribution in [1.82, 2.24) is 0 Å². The number of carbonyl (C=O) groups excluding carboxylic acids is 1. The van der Waals surface area contributed by atoms with Gasteiger partial charge in [-0.05, 0) is 25.1 Å². The number of benzene rings is 1. The highest BCUT2D eigenvalue weighted by Crippen LogP contribution is 2.31. The molecule has 0 unspecified atom stereocenters. The van der Waals surface area contributed by atoms with Crippen molar-refractivity contribution >= 4 is 17.7 Å². The molecule has 0 aliphatic heterocycles. The lowest BCUT2D eigenvalue weighted by molar-refractivity contribution is -0.144. The number of phenols is 2. The maximum absolute atomic E-state index is 11.2. The molecule has 5 nitrogen and oxygen atoms in total. The minimum absolute atomic E-state index is 0.0452. The van der Waals surface area contributed by atoms with Crippen LogP contribution in [0, 0.1) is 0 Å².